The summed E-state index contributed by atoms with van der Waals surface area (Å²) in [5, 5.41) is 11.9. The van der Waals surface area contributed by atoms with Crippen LogP contribution in [-0.4, -0.2) is 13.0 Å². The van der Waals surface area contributed by atoms with Gasteiger partial charge >= 0.3 is 0 Å². The number of carbonyl (C=O) groups excluding carboxylic acids is 1. The number of hydrogen-bond acceptors (Lipinski definition) is 4. The number of para-hydroxylation sites is 1. The van der Waals surface area contributed by atoms with Gasteiger partial charge in [0.05, 0.1) is 40.7 Å². The Morgan fingerprint density at radius 3 is 2.81 bits per heavy atom. The molecule has 0 heterocycles. The number of halogens is 1. The Morgan fingerprint density at radius 1 is 1.38 bits per heavy atom. The van der Waals surface area contributed by atoms with Crippen LogP contribution in [0, 0.1) is 11.3 Å². The van der Waals surface area contributed by atoms with Crippen molar-refractivity contribution in [3.05, 3.63) is 52.5 Å². The Balaban J connectivity index is 2.32. The summed E-state index contributed by atoms with van der Waals surface area (Å²) in [5.74, 6) is -0.0130. The van der Waals surface area contributed by atoms with Crippen molar-refractivity contribution in [2.45, 2.75) is 0 Å². The van der Waals surface area contributed by atoms with Crippen molar-refractivity contribution in [1.82, 2.24) is 0 Å². The van der Waals surface area contributed by atoms with Crippen molar-refractivity contribution in [2.75, 3.05) is 18.2 Å². The summed E-state index contributed by atoms with van der Waals surface area (Å²) in [7, 11) is 1.46. The first-order valence-electron chi connectivity index (χ1n) is 6.00. The summed E-state index contributed by atoms with van der Waals surface area (Å²) in [5.41, 5.74) is 7.15. The van der Waals surface area contributed by atoms with Crippen LogP contribution in [0.1, 0.15) is 15.9 Å². The van der Waals surface area contributed by atoms with E-state index in [1.165, 1.54) is 13.2 Å². The van der Waals surface area contributed by atoms with Gasteiger partial charge in [0.1, 0.15) is 5.75 Å². The van der Waals surface area contributed by atoms with E-state index in [-0.39, 0.29) is 11.3 Å². The zero-order valence-electron chi connectivity index (χ0n) is 11.2. The fraction of sp³-hybridized carbons (Fsp3) is 0.0667. The third-order valence-electron chi connectivity index (χ3n) is 2.88. The Labute approximate surface area is 126 Å². The van der Waals surface area contributed by atoms with Crippen molar-refractivity contribution in [2.24, 2.45) is 0 Å². The Bertz CT molecular complexity index is 738. The summed E-state index contributed by atoms with van der Waals surface area (Å²) in [6.45, 7) is 0. The van der Waals surface area contributed by atoms with Crippen molar-refractivity contribution in [3.63, 3.8) is 0 Å². The summed E-state index contributed by atoms with van der Waals surface area (Å²) in [4.78, 5) is 12.2. The molecule has 0 bridgehead atoms. The highest BCUT2D eigenvalue weighted by Gasteiger charge is 2.14. The third-order valence-corrected chi connectivity index (χ3v) is 3.21. The van der Waals surface area contributed by atoms with Crippen LogP contribution in [0.25, 0.3) is 0 Å². The molecule has 0 fully saturated rings. The zero-order valence-corrected chi connectivity index (χ0v) is 11.9. The van der Waals surface area contributed by atoms with Crippen LogP contribution >= 0.6 is 11.6 Å². The SMILES string of the molecule is COc1cc(C#N)ccc1NC(=O)c1cccc(Cl)c1N. The highest BCUT2D eigenvalue weighted by molar-refractivity contribution is 6.34. The molecule has 0 aliphatic rings. The Kier molecular flexibility index (Phi) is 4.31. The predicted octanol–water partition coefficient (Wildman–Crippen LogP) is 3.05. The molecule has 0 saturated heterocycles. The van der Waals surface area contributed by atoms with E-state index in [1.807, 2.05) is 6.07 Å². The van der Waals surface area contributed by atoms with Crippen molar-refractivity contribution in [3.8, 4) is 11.8 Å². The fourth-order valence-corrected chi connectivity index (χ4v) is 1.96. The van der Waals surface area contributed by atoms with Crippen LogP contribution < -0.4 is 15.8 Å². The normalized spacial score (nSPS) is 9.76. The number of amides is 1. The molecule has 0 atom stereocenters. The number of nitrogens with two attached hydrogens (primary N) is 1. The molecule has 2 aromatic rings. The highest BCUT2D eigenvalue weighted by atomic mass is 35.5. The maximum absolute atomic E-state index is 12.2. The molecule has 2 aromatic carbocycles. The van der Waals surface area contributed by atoms with Gasteiger partial charge in [0.25, 0.3) is 5.91 Å². The van der Waals surface area contributed by atoms with E-state index < -0.39 is 5.91 Å². The van der Waals surface area contributed by atoms with Gasteiger partial charge < -0.3 is 15.8 Å². The minimum absolute atomic E-state index is 0.212. The number of ether oxygens (including phenoxy) is 1. The fourth-order valence-electron chi connectivity index (χ4n) is 1.79. The monoisotopic (exact) mass is 301 g/mol. The average molecular weight is 302 g/mol. The average Bonchev–Trinajstić information content (AvgIpc) is 2.50. The molecule has 21 heavy (non-hydrogen) atoms. The molecule has 1 amide bonds. The van der Waals surface area contributed by atoms with Crippen LogP contribution in [-0.2, 0) is 0 Å². The van der Waals surface area contributed by atoms with E-state index in [9.17, 15) is 4.79 Å². The van der Waals surface area contributed by atoms with Gasteiger partial charge in [-0.15, -0.1) is 0 Å². The van der Waals surface area contributed by atoms with E-state index in [1.54, 1.807) is 30.3 Å². The number of methoxy groups -OCH3 is 1. The number of carbonyl (C=O) groups is 1. The quantitative estimate of drug-likeness (QED) is 0.853. The number of nitriles is 1. The minimum atomic E-state index is -0.405. The molecule has 0 aliphatic heterocycles. The number of nitrogens with one attached hydrogen (secondary N) is 1. The molecule has 5 nitrogen and oxygen atoms in total. The smallest absolute Gasteiger partial charge is 0.257 e. The van der Waals surface area contributed by atoms with Gasteiger partial charge in [0.2, 0.25) is 0 Å². The number of nitrogen functional groups attached to an aromatic ring is 1. The molecule has 2 rings (SSSR count). The standard InChI is InChI=1S/C15H12ClN3O2/c1-21-13-7-9(8-17)5-6-12(13)19-15(20)10-3-2-4-11(16)14(10)18/h2-7H,18H2,1H3,(H,19,20). The molecule has 0 radical (unpaired) electrons. The van der Waals surface area contributed by atoms with E-state index in [4.69, 9.17) is 27.3 Å². The highest BCUT2D eigenvalue weighted by Crippen LogP contribution is 2.28. The van der Waals surface area contributed by atoms with Crippen LogP contribution in [0.3, 0.4) is 0 Å². The molecule has 0 saturated carbocycles. The molecule has 0 aromatic heterocycles. The number of anilines is 2. The van der Waals surface area contributed by atoms with Gasteiger partial charge in [-0.05, 0) is 24.3 Å². The predicted molar refractivity (Wildman–Crippen MR) is 81.5 cm³/mol. The summed E-state index contributed by atoms with van der Waals surface area (Å²) < 4.78 is 5.16. The first-order chi connectivity index (χ1) is 10.1. The van der Waals surface area contributed by atoms with E-state index in [0.29, 0.717) is 22.0 Å². The van der Waals surface area contributed by atoms with Crippen molar-refractivity contribution < 1.29 is 9.53 Å². The van der Waals surface area contributed by atoms with Gasteiger partial charge in [-0.3, -0.25) is 4.79 Å². The second-order valence-corrected chi connectivity index (χ2v) is 4.59. The lowest BCUT2D eigenvalue weighted by Gasteiger charge is -2.12. The van der Waals surface area contributed by atoms with Gasteiger partial charge in [-0.1, -0.05) is 17.7 Å². The molecule has 106 valence electrons. The Hall–Kier alpha value is -2.71. The molecular weight excluding hydrogens is 290 g/mol. The summed E-state index contributed by atoms with van der Waals surface area (Å²) in [6, 6.07) is 11.5. The van der Waals surface area contributed by atoms with Crippen LogP contribution in [0.5, 0.6) is 5.75 Å². The topological polar surface area (TPSA) is 88.1 Å². The molecule has 0 spiro atoms. The zero-order chi connectivity index (χ0) is 15.4. The van der Waals surface area contributed by atoms with E-state index >= 15 is 0 Å². The second-order valence-electron chi connectivity index (χ2n) is 4.18. The van der Waals surface area contributed by atoms with Gasteiger partial charge in [-0.2, -0.15) is 5.26 Å². The number of rotatable bonds is 3. The maximum Gasteiger partial charge on any atom is 0.257 e. The molecule has 6 heteroatoms. The summed E-state index contributed by atoms with van der Waals surface area (Å²) >= 11 is 5.89. The number of benzene rings is 2. The minimum Gasteiger partial charge on any atom is -0.495 e. The second kappa shape index (κ2) is 6.16. The first-order valence-corrected chi connectivity index (χ1v) is 6.38. The molecule has 0 aliphatic carbocycles. The van der Waals surface area contributed by atoms with Crippen molar-refractivity contribution >= 4 is 28.9 Å². The van der Waals surface area contributed by atoms with Crippen LogP contribution in [0.15, 0.2) is 36.4 Å². The van der Waals surface area contributed by atoms with E-state index in [0.717, 1.165) is 0 Å². The van der Waals surface area contributed by atoms with Crippen LogP contribution in [0.2, 0.25) is 5.02 Å². The summed E-state index contributed by atoms with van der Waals surface area (Å²) in [6.07, 6.45) is 0. The molecular formula is C15H12ClN3O2. The number of nitrogens with zero attached hydrogens (tertiary/aromatic N) is 1. The molecule has 3 N–H and O–H groups in total. The first kappa shape index (κ1) is 14.7. The number of hydrogen-bond donors (Lipinski definition) is 2. The lowest BCUT2D eigenvalue weighted by atomic mass is 10.1. The Morgan fingerprint density at radius 2 is 2.14 bits per heavy atom. The largest absolute Gasteiger partial charge is 0.495 e. The van der Waals surface area contributed by atoms with Crippen LogP contribution in [0.4, 0.5) is 11.4 Å². The maximum atomic E-state index is 12.2. The van der Waals surface area contributed by atoms with Gasteiger partial charge in [0.15, 0.2) is 0 Å². The lowest BCUT2D eigenvalue weighted by molar-refractivity contribution is 0.102. The van der Waals surface area contributed by atoms with Gasteiger partial charge in [0, 0.05) is 6.07 Å². The third kappa shape index (κ3) is 3.07. The molecule has 0 unspecified atom stereocenters. The van der Waals surface area contributed by atoms with Gasteiger partial charge in [-0.25, -0.2) is 0 Å². The lowest BCUT2D eigenvalue weighted by Crippen LogP contribution is -2.14. The van der Waals surface area contributed by atoms with E-state index in [2.05, 4.69) is 5.32 Å². The van der Waals surface area contributed by atoms with Crippen molar-refractivity contribution in [1.29, 1.82) is 5.26 Å².